The molecular weight excluding hydrogens is 590 g/mol. The summed E-state index contributed by atoms with van der Waals surface area (Å²) >= 11 is 0. The Balaban J connectivity index is 1.47. The van der Waals surface area contributed by atoms with Crippen molar-refractivity contribution in [1.29, 1.82) is 0 Å². The third kappa shape index (κ3) is 6.99. The van der Waals surface area contributed by atoms with Gasteiger partial charge >= 0.3 is 17.9 Å². The fourth-order valence-corrected chi connectivity index (χ4v) is 5.69. The molecule has 1 spiro atoms. The first-order chi connectivity index (χ1) is 21.3. The van der Waals surface area contributed by atoms with Gasteiger partial charge in [-0.05, 0) is 79.4 Å². The van der Waals surface area contributed by atoms with Gasteiger partial charge in [0.1, 0.15) is 12.8 Å². The summed E-state index contributed by atoms with van der Waals surface area (Å²) in [6.07, 6.45) is -0.376. The SMILES string of the molecule is CN1COC(=O)C(Cc2ccc(O)c(O)c2)C[C@@]2(CC(Cc3ccc(O)c(O)c3)C(=O)O2)OC(=O)C1Cc1ccc(O)c(O)c1. The first-order valence-electron chi connectivity index (χ1n) is 14.2. The van der Waals surface area contributed by atoms with E-state index in [0.717, 1.165) is 0 Å². The molecule has 13 nitrogen and oxygen atoms in total. The van der Waals surface area contributed by atoms with Gasteiger partial charge in [-0.25, -0.2) is 0 Å². The second-order valence-electron chi connectivity index (χ2n) is 11.5. The van der Waals surface area contributed by atoms with Crippen LogP contribution in [0.15, 0.2) is 54.6 Å². The molecule has 0 radical (unpaired) electrons. The molecule has 0 saturated carbocycles. The van der Waals surface area contributed by atoms with Gasteiger partial charge in [-0.2, -0.15) is 0 Å². The molecule has 2 heterocycles. The van der Waals surface area contributed by atoms with E-state index >= 15 is 0 Å². The molecule has 13 heteroatoms. The fraction of sp³-hybridized carbons (Fsp3) is 0.344. The van der Waals surface area contributed by atoms with Gasteiger partial charge in [0.25, 0.3) is 5.79 Å². The molecule has 4 atom stereocenters. The lowest BCUT2D eigenvalue weighted by Crippen LogP contribution is -2.50. The van der Waals surface area contributed by atoms with Crippen molar-refractivity contribution in [2.45, 2.75) is 43.9 Å². The minimum absolute atomic E-state index is 0.0139. The van der Waals surface area contributed by atoms with Crippen LogP contribution in [0.4, 0.5) is 0 Å². The molecule has 2 aliphatic heterocycles. The largest absolute Gasteiger partial charge is 0.504 e. The predicted octanol–water partition coefficient (Wildman–Crippen LogP) is 2.57. The summed E-state index contributed by atoms with van der Waals surface area (Å²) in [7, 11) is 1.53. The topological polar surface area (TPSA) is 204 Å². The number of ether oxygens (including phenoxy) is 3. The number of nitrogens with zero attached hydrogens (tertiary/aromatic N) is 1. The van der Waals surface area contributed by atoms with Crippen LogP contribution in [0.3, 0.4) is 0 Å². The van der Waals surface area contributed by atoms with E-state index in [-0.39, 0.29) is 67.6 Å². The molecule has 0 amide bonds. The number of carbonyl (C=O) groups is 3. The van der Waals surface area contributed by atoms with Gasteiger partial charge in [-0.1, -0.05) is 18.2 Å². The zero-order chi connectivity index (χ0) is 32.5. The maximum atomic E-state index is 13.8. The van der Waals surface area contributed by atoms with Crippen molar-refractivity contribution in [2.24, 2.45) is 11.8 Å². The maximum absolute atomic E-state index is 13.8. The van der Waals surface area contributed by atoms with E-state index in [1.54, 1.807) is 0 Å². The number of rotatable bonds is 6. The van der Waals surface area contributed by atoms with E-state index in [1.807, 2.05) is 0 Å². The van der Waals surface area contributed by atoms with Crippen LogP contribution in [0.5, 0.6) is 34.5 Å². The lowest BCUT2D eigenvalue weighted by molar-refractivity contribution is -0.228. The van der Waals surface area contributed by atoms with Crippen molar-refractivity contribution in [3.8, 4) is 34.5 Å². The van der Waals surface area contributed by atoms with Crippen LogP contribution >= 0.6 is 0 Å². The lowest BCUT2D eigenvalue weighted by atomic mass is 9.87. The molecule has 238 valence electrons. The van der Waals surface area contributed by atoms with Crippen LogP contribution in [-0.2, 0) is 47.9 Å². The highest BCUT2D eigenvalue weighted by atomic mass is 16.7. The number of cyclic esters (lactones) is 1. The van der Waals surface area contributed by atoms with Gasteiger partial charge < -0.3 is 44.8 Å². The molecule has 6 N–H and O–H groups in total. The Morgan fingerprint density at radius 2 is 1.04 bits per heavy atom. The van der Waals surface area contributed by atoms with Crippen molar-refractivity contribution < 1.29 is 59.2 Å². The van der Waals surface area contributed by atoms with Gasteiger partial charge in [-0.3, -0.25) is 19.3 Å². The summed E-state index contributed by atoms with van der Waals surface area (Å²) in [5, 5.41) is 59.0. The average Bonchev–Trinajstić information content (AvgIpc) is 3.28. The monoisotopic (exact) mass is 623 g/mol. The Kier molecular flexibility index (Phi) is 8.64. The fourth-order valence-electron chi connectivity index (χ4n) is 5.69. The number of aromatic hydroxyl groups is 6. The van der Waals surface area contributed by atoms with Crippen molar-refractivity contribution in [3.05, 3.63) is 71.3 Å². The number of phenolic OH excluding ortho intramolecular Hbond substituents is 6. The summed E-state index contributed by atoms with van der Waals surface area (Å²) in [6.45, 7) is -0.306. The van der Waals surface area contributed by atoms with Crippen molar-refractivity contribution in [2.75, 3.05) is 13.8 Å². The van der Waals surface area contributed by atoms with Crippen LogP contribution in [0.1, 0.15) is 29.5 Å². The highest BCUT2D eigenvalue weighted by molar-refractivity contribution is 5.80. The highest BCUT2D eigenvalue weighted by Crippen LogP contribution is 2.42. The minimum atomic E-state index is -1.89. The van der Waals surface area contributed by atoms with E-state index in [2.05, 4.69) is 0 Å². The van der Waals surface area contributed by atoms with E-state index in [1.165, 1.54) is 66.5 Å². The second-order valence-corrected chi connectivity index (χ2v) is 11.5. The molecule has 3 aromatic rings. The van der Waals surface area contributed by atoms with E-state index in [0.29, 0.717) is 16.7 Å². The molecule has 0 aromatic heterocycles. The average molecular weight is 624 g/mol. The van der Waals surface area contributed by atoms with Gasteiger partial charge in [-0.15, -0.1) is 0 Å². The van der Waals surface area contributed by atoms with Crippen molar-refractivity contribution in [1.82, 2.24) is 4.90 Å². The number of hydrogen-bond donors (Lipinski definition) is 6. The Labute approximate surface area is 257 Å². The van der Waals surface area contributed by atoms with E-state index in [4.69, 9.17) is 14.2 Å². The number of carbonyl (C=O) groups excluding carboxylic acids is 3. The summed E-state index contributed by atoms with van der Waals surface area (Å²) in [4.78, 5) is 41.9. The first-order valence-corrected chi connectivity index (χ1v) is 14.2. The third-order valence-corrected chi connectivity index (χ3v) is 8.08. The summed E-state index contributed by atoms with van der Waals surface area (Å²) in [6, 6.07) is 11.2. The molecule has 45 heavy (non-hydrogen) atoms. The summed E-state index contributed by atoms with van der Waals surface area (Å²) in [5.41, 5.74) is 1.44. The number of phenols is 6. The molecule has 5 rings (SSSR count). The molecule has 0 bridgehead atoms. The van der Waals surface area contributed by atoms with Crippen LogP contribution in [-0.4, -0.2) is 79.1 Å². The van der Waals surface area contributed by atoms with E-state index < -0.39 is 47.3 Å². The van der Waals surface area contributed by atoms with Crippen molar-refractivity contribution in [3.63, 3.8) is 0 Å². The van der Waals surface area contributed by atoms with Gasteiger partial charge in [0.05, 0.1) is 11.8 Å². The van der Waals surface area contributed by atoms with Crippen LogP contribution in [0.2, 0.25) is 0 Å². The highest BCUT2D eigenvalue weighted by Gasteiger charge is 2.53. The maximum Gasteiger partial charge on any atom is 0.327 e. The standard InChI is InChI=1S/C32H33NO12/c1-33-16-43-29(40)20(8-17-2-5-23(34)26(37)11-17)14-32(45-31(42)22(33)10-19-4-7-25(36)28(39)13-19)15-21(30(41)44-32)9-18-3-6-24(35)27(38)12-18/h2-7,11-13,20-22,34-39H,8-10,14-16H2,1H3/t20?,21?,22?,32-/m0/s1. The first kappa shape index (κ1) is 31.3. The quantitative estimate of drug-likeness (QED) is 0.173. The van der Waals surface area contributed by atoms with Crippen LogP contribution < -0.4 is 0 Å². The molecule has 2 saturated heterocycles. The van der Waals surface area contributed by atoms with Gasteiger partial charge in [0.15, 0.2) is 34.5 Å². The Bertz CT molecular complexity index is 1620. The molecule has 0 aliphatic carbocycles. The Morgan fingerprint density at radius 3 is 1.51 bits per heavy atom. The zero-order valence-electron chi connectivity index (χ0n) is 24.3. The zero-order valence-corrected chi connectivity index (χ0v) is 24.3. The number of benzene rings is 3. The predicted molar refractivity (Wildman–Crippen MR) is 154 cm³/mol. The minimum Gasteiger partial charge on any atom is -0.504 e. The molecule has 2 fully saturated rings. The molecule has 3 aromatic carbocycles. The number of hydrogen-bond acceptors (Lipinski definition) is 13. The smallest absolute Gasteiger partial charge is 0.327 e. The lowest BCUT2D eigenvalue weighted by Gasteiger charge is -2.36. The Hall–Kier alpha value is -5.17. The molecule has 2 aliphatic rings. The summed E-state index contributed by atoms with van der Waals surface area (Å²) < 4.78 is 17.4. The van der Waals surface area contributed by atoms with Crippen LogP contribution in [0.25, 0.3) is 0 Å². The van der Waals surface area contributed by atoms with Gasteiger partial charge in [0, 0.05) is 12.8 Å². The molecule has 3 unspecified atom stereocenters. The number of likely N-dealkylation sites (N-methyl/N-ethyl adjacent to an activating group) is 1. The summed E-state index contributed by atoms with van der Waals surface area (Å²) in [5.74, 6) is -8.09. The normalized spacial score (nSPS) is 24.2. The molecular formula is C32H33NO12. The van der Waals surface area contributed by atoms with Gasteiger partial charge in [0.2, 0.25) is 0 Å². The van der Waals surface area contributed by atoms with E-state index in [9.17, 15) is 45.0 Å². The van der Waals surface area contributed by atoms with Crippen molar-refractivity contribution >= 4 is 17.9 Å². The number of esters is 3. The third-order valence-electron chi connectivity index (χ3n) is 8.08. The van der Waals surface area contributed by atoms with Crippen LogP contribution in [0, 0.1) is 11.8 Å². The second kappa shape index (κ2) is 12.4. The Morgan fingerprint density at radius 1 is 0.622 bits per heavy atom.